The maximum atomic E-state index is 13.2. The van der Waals surface area contributed by atoms with E-state index in [9.17, 15) is 14.7 Å². The number of likely N-dealkylation sites (tertiary alicyclic amines) is 1. The highest BCUT2D eigenvalue weighted by Crippen LogP contribution is 2.40. The molecule has 0 saturated carbocycles. The maximum absolute atomic E-state index is 13.2. The van der Waals surface area contributed by atoms with Crippen LogP contribution in [0.15, 0.2) is 54.1 Å². The number of aliphatic hydroxyl groups excluding tert-OH is 1. The summed E-state index contributed by atoms with van der Waals surface area (Å²) >= 11 is 0. The fraction of sp³-hybridized carbons (Fsp3) is 0.407. The minimum Gasteiger partial charge on any atom is -0.507 e. The standard InChI is InChI=1S/C27H32N2O6/c1-3-15-35-22-6-4-5-20(18-22)24-23(25(30)19-7-9-21(33-2)10-8-19)26(31)27(32)29(24)12-11-28-13-16-34-17-14-28/h4-10,18,24,30H,3,11-17H2,1-2H3/t24-/m1/s1. The maximum Gasteiger partial charge on any atom is 0.295 e. The molecule has 8 nitrogen and oxygen atoms in total. The summed E-state index contributed by atoms with van der Waals surface area (Å²) in [5, 5.41) is 11.2. The number of hydrogen-bond acceptors (Lipinski definition) is 7. The molecule has 1 N–H and O–H groups in total. The van der Waals surface area contributed by atoms with Crippen LogP contribution in [0, 0.1) is 0 Å². The van der Waals surface area contributed by atoms with E-state index in [-0.39, 0.29) is 11.3 Å². The van der Waals surface area contributed by atoms with Crippen molar-refractivity contribution < 1.29 is 28.9 Å². The molecule has 0 aliphatic carbocycles. The van der Waals surface area contributed by atoms with Crippen LogP contribution in [0.25, 0.3) is 5.76 Å². The summed E-state index contributed by atoms with van der Waals surface area (Å²) < 4.78 is 16.4. The zero-order valence-electron chi connectivity index (χ0n) is 20.2. The van der Waals surface area contributed by atoms with Crippen LogP contribution in [0.4, 0.5) is 0 Å². The third kappa shape index (κ3) is 5.49. The second kappa shape index (κ2) is 11.4. The summed E-state index contributed by atoms with van der Waals surface area (Å²) in [5.41, 5.74) is 1.24. The van der Waals surface area contributed by atoms with Gasteiger partial charge < -0.3 is 24.2 Å². The van der Waals surface area contributed by atoms with Crippen molar-refractivity contribution in [1.29, 1.82) is 0 Å². The molecular formula is C27H32N2O6. The third-order valence-corrected chi connectivity index (χ3v) is 6.31. The van der Waals surface area contributed by atoms with Crippen LogP contribution in [0.5, 0.6) is 11.5 Å². The molecule has 0 radical (unpaired) electrons. The number of hydrogen-bond donors (Lipinski definition) is 1. The first-order valence-corrected chi connectivity index (χ1v) is 12.0. The van der Waals surface area contributed by atoms with Crippen molar-refractivity contribution in [3.05, 3.63) is 65.2 Å². The number of benzene rings is 2. The summed E-state index contributed by atoms with van der Waals surface area (Å²) in [6, 6.07) is 13.4. The summed E-state index contributed by atoms with van der Waals surface area (Å²) in [5.74, 6) is -0.217. The van der Waals surface area contributed by atoms with Crippen LogP contribution < -0.4 is 9.47 Å². The fourth-order valence-electron chi connectivity index (χ4n) is 4.43. The average Bonchev–Trinajstić information content (AvgIpc) is 3.16. The molecule has 2 saturated heterocycles. The first-order valence-electron chi connectivity index (χ1n) is 12.0. The quantitative estimate of drug-likeness (QED) is 0.335. The van der Waals surface area contributed by atoms with Crippen molar-refractivity contribution in [2.45, 2.75) is 19.4 Å². The average molecular weight is 481 g/mol. The van der Waals surface area contributed by atoms with Gasteiger partial charge in [0.15, 0.2) is 0 Å². The van der Waals surface area contributed by atoms with E-state index < -0.39 is 17.7 Å². The molecule has 8 heteroatoms. The van der Waals surface area contributed by atoms with Gasteiger partial charge in [0, 0.05) is 31.7 Å². The number of rotatable bonds is 9. The first-order chi connectivity index (χ1) is 17.0. The zero-order valence-corrected chi connectivity index (χ0v) is 20.2. The van der Waals surface area contributed by atoms with Gasteiger partial charge in [-0.3, -0.25) is 14.5 Å². The van der Waals surface area contributed by atoms with Crippen molar-refractivity contribution in [1.82, 2.24) is 9.80 Å². The minimum atomic E-state index is -0.719. The SMILES string of the molecule is CCCOc1cccc([C@@H]2C(=C(O)c3ccc(OC)cc3)C(=O)C(=O)N2CCN2CCOCC2)c1. The molecule has 0 spiro atoms. The Morgan fingerprint density at radius 2 is 1.80 bits per heavy atom. The van der Waals surface area contributed by atoms with Crippen molar-refractivity contribution in [3.8, 4) is 11.5 Å². The van der Waals surface area contributed by atoms with Gasteiger partial charge in [-0.15, -0.1) is 0 Å². The highest BCUT2D eigenvalue weighted by atomic mass is 16.5. The summed E-state index contributed by atoms with van der Waals surface area (Å²) in [6.45, 7) is 6.41. The smallest absolute Gasteiger partial charge is 0.295 e. The van der Waals surface area contributed by atoms with Gasteiger partial charge in [0.2, 0.25) is 0 Å². The summed E-state index contributed by atoms with van der Waals surface area (Å²) in [6.07, 6.45) is 0.861. The summed E-state index contributed by atoms with van der Waals surface area (Å²) in [4.78, 5) is 30.2. The van der Waals surface area contributed by atoms with Crippen LogP contribution in [-0.2, 0) is 14.3 Å². The lowest BCUT2D eigenvalue weighted by atomic mass is 9.95. The molecule has 2 aromatic rings. The Morgan fingerprint density at radius 1 is 1.06 bits per heavy atom. The lowest BCUT2D eigenvalue weighted by Gasteiger charge is -2.31. The Labute approximate surface area is 205 Å². The molecule has 35 heavy (non-hydrogen) atoms. The van der Waals surface area contributed by atoms with E-state index in [0.29, 0.717) is 50.0 Å². The van der Waals surface area contributed by atoms with Gasteiger partial charge in [0.1, 0.15) is 17.3 Å². The number of ether oxygens (including phenoxy) is 3. The molecule has 186 valence electrons. The van der Waals surface area contributed by atoms with Crippen molar-refractivity contribution in [2.75, 3.05) is 53.1 Å². The van der Waals surface area contributed by atoms with Crippen LogP contribution in [-0.4, -0.2) is 79.7 Å². The molecular weight excluding hydrogens is 448 g/mol. The Kier molecular flexibility index (Phi) is 8.05. The lowest BCUT2D eigenvalue weighted by molar-refractivity contribution is -0.140. The molecule has 2 fully saturated rings. The van der Waals surface area contributed by atoms with Gasteiger partial charge >= 0.3 is 0 Å². The van der Waals surface area contributed by atoms with E-state index in [2.05, 4.69) is 4.90 Å². The highest BCUT2D eigenvalue weighted by Gasteiger charge is 2.46. The van der Waals surface area contributed by atoms with E-state index in [0.717, 1.165) is 25.1 Å². The first kappa shape index (κ1) is 24.8. The van der Waals surface area contributed by atoms with E-state index >= 15 is 0 Å². The van der Waals surface area contributed by atoms with Gasteiger partial charge in [0.05, 0.1) is 38.5 Å². The molecule has 2 aromatic carbocycles. The van der Waals surface area contributed by atoms with Crippen LogP contribution in [0.1, 0.15) is 30.5 Å². The Morgan fingerprint density at radius 3 is 2.49 bits per heavy atom. The number of amides is 1. The number of morpholine rings is 1. The number of Topliss-reactive ketones (excluding diaryl/α,β-unsaturated/α-hetero) is 1. The van der Waals surface area contributed by atoms with Crippen molar-refractivity contribution in [2.24, 2.45) is 0 Å². The topological polar surface area (TPSA) is 88.5 Å². The summed E-state index contributed by atoms with van der Waals surface area (Å²) in [7, 11) is 1.56. The number of methoxy groups -OCH3 is 1. The molecule has 4 rings (SSSR count). The lowest BCUT2D eigenvalue weighted by Crippen LogP contribution is -2.42. The molecule has 0 unspecified atom stereocenters. The van der Waals surface area contributed by atoms with Crippen molar-refractivity contribution in [3.63, 3.8) is 0 Å². The normalized spacial score (nSPS) is 20.3. The molecule has 1 amide bonds. The number of carbonyl (C=O) groups excluding carboxylic acids is 2. The number of carbonyl (C=O) groups is 2. The number of nitrogens with zero attached hydrogens (tertiary/aromatic N) is 2. The van der Waals surface area contributed by atoms with Crippen LogP contribution >= 0.6 is 0 Å². The highest BCUT2D eigenvalue weighted by molar-refractivity contribution is 6.46. The molecule has 2 heterocycles. The molecule has 1 atom stereocenters. The van der Waals surface area contributed by atoms with Crippen molar-refractivity contribution >= 4 is 17.4 Å². The van der Waals surface area contributed by atoms with Gasteiger partial charge in [-0.25, -0.2) is 0 Å². The Hall–Kier alpha value is -3.36. The number of aliphatic hydroxyl groups is 1. The molecule has 2 aliphatic rings. The van der Waals surface area contributed by atoms with E-state index in [4.69, 9.17) is 14.2 Å². The second-order valence-corrected chi connectivity index (χ2v) is 8.60. The zero-order chi connectivity index (χ0) is 24.8. The van der Waals surface area contributed by atoms with Gasteiger partial charge in [-0.1, -0.05) is 19.1 Å². The molecule has 0 aromatic heterocycles. The van der Waals surface area contributed by atoms with Gasteiger partial charge in [0.25, 0.3) is 11.7 Å². The van der Waals surface area contributed by atoms with E-state index in [1.807, 2.05) is 31.2 Å². The van der Waals surface area contributed by atoms with Gasteiger partial charge in [-0.2, -0.15) is 0 Å². The van der Waals surface area contributed by atoms with Gasteiger partial charge in [-0.05, 0) is 48.4 Å². The predicted molar refractivity (Wildman–Crippen MR) is 131 cm³/mol. The second-order valence-electron chi connectivity index (χ2n) is 8.60. The fourth-order valence-corrected chi connectivity index (χ4v) is 4.43. The Balaban J connectivity index is 1.72. The largest absolute Gasteiger partial charge is 0.507 e. The number of ketones is 1. The third-order valence-electron chi connectivity index (χ3n) is 6.31. The predicted octanol–water partition coefficient (Wildman–Crippen LogP) is 3.24. The monoisotopic (exact) mass is 480 g/mol. The minimum absolute atomic E-state index is 0.0785. The van der Waals surface area contributed by atoms with E-state index in [1.54, 1.807) is 36.3 Å². The van der Waals surface area contributed by atoms with E-state index in [1.165, 1.54) is 0 Å². The molecule has 0 bridgehead atoms. The van der Waals surface area contributed by atoms with Crippen LogP contribution in [0.3, 0.4) is 0 Å². The van der Waals surface area contributed by atoms with Crippen LogP contribution in [0.2, 0.25) is 0 Å². The Bertz CT molecular complexity index is 1080. The molecule has 2 aliphatic heterocycles.